The summed E-state index contributed by atoms with van der Waals surface area (Å²) in [5.74, 6) is 1.62. The van der Waals surface area contributed by atoms with Crippen molar-refractivity contribution in [1.82, 2.24) is 15.3 Å². The van der Waals surface area contributed by atoms with Crippen LogP contribution in [0, 0.1) is 12.7 Å². The van der Waals surface area contributed by atoms with Gasteiger partial charge in [0.2, 0.25) is 6.79 Å². The first kappa shape index (κ1) is 18.7. The second kappa shape index (κ2) is 8.14. The van der Waals surface area contributed by atoms with Crippen LogP contribution < -0.4 is 20.1 Å². The highest BCUT2D eigenvalue weighted by Gasteiger charge is 2.15. The molecule has 7 nitrogen and oxygen atoms in total. The molecule has 2 N–H and O–H groups in total. The number of benzene rings is 2. The molecule has 0 spiro atoms. The van der Waals surface area contributed by atoms with Gasteiger partial charge in [0.25, 0.3) is 5.91 Å². The first-order valence-electron chi connectivity index (χ1n) is 9.08. The smallest absolute Gasteiger partial charge is 0.270 e. The summed E-state index contributed by atoms with van der Waals surface area (Å²) in [6, 6.07) is 13.5. The van der Waals surface area contributed by atoms with Crippen molar-refractivity contribution in [1.29, 1.82) is 0 Å². The van der Waals surface area contributed by atoms with Gasteiger partial charge in [-0.1, -0.05) is 24.3 Å². The first-order valence-corrected chi connectivity index (χ1v) is 9.08. The Kier molecular flexibility index (Phi) is 5.24. The molecule has 0 aliphatic carbocycles. The van der Waals surface area contributed by atoms with Crippen molar-refractivity contribution in [3.63, 3.8) is 0 Å². The van der Waals surface area contributed by atoms with Crippen LogP contribution in [0.4, 0.5) is 10.2 Å². The van der Waals surface area contributed by atoms with Crippen LogP contribution >= 0.6 is 0 Å². The van der Waals surface area contributed by atoms with E-state index in [9.17, 15) is 9.18 Å². The van der Waals surface area contributed by atoms with E-state index < -0.39 is 0 Å². The number of aromatic nitrogens is 2. The number of hydrogen-bond donors (Lipinski definition) is 2. The Morgan fingerprint density at radius 1 is 1.07 bits per heavy atom. The number of carbonyl (C=O) groups excluding carboxylic acids is 1. The minimum Gasteiger partial charge on any atom is -0.454 e. The summed E-state index contributed by atoms with van der Waals surface area (Å²) in [5.41, 5.74) is 1.62. The number of nitrogens with one attached hydrogen (secondary N) is 2. The average Bonchev–Trinajstić information content (AvgIpc) is 3.19. The van der Waals surface area contributed by atoms with Gasteiger partial charge < -0.3 is 20.1 Å². The Balaban J connectivity index is 1.41. The number of rotatable bonds is 6. The third kappa shape index (κ3) is 4.43. The average molecular weight is 394 g/mol. The molecule has 29 heavy (non-hydrogen) atoms. The van der Waals surface area contributed by atoms with Gasteiger partial charge in [-0.2, -0.15) is 0 Å². The summed E-state index contributed by atoms with van der Waals surface area (Å²) in [4.78, 5) is 21.0. The lowest BCUT2D eigenvalue weighted by Crippen LogP contribution is -2.24. The van der Waals surface area contributed by atoms with Crippen molar-refractivity contribution >= 4 is 11.7 Å². The van der Waals surface area contributed by atoms with Crippen molar-refractivity contribution in [3.05, 3.63) is 77.0 Å². The van der Waals surface area contributed by atoms with Gasteiger partial charge in [-0.25, -0.2) is 14.4 Å². The van der Waals surface area contributed by atoms with E-state index in [1.165, 1.54) is 6.07 Å². The van der Waals surface area contributed by atoms with E-state index in [-0.39, 0.29) is 30.8 Å². The number of aryl methyl sites for hydroxylation is 1. The number of nitrogens with zero attached hydrogens (tertiary/aromatic N) is 2. The van der Waals surface area contributed by atoms with Crippen LogP contribution in [0.2, 0.25) is 0 Å². The molecule has 1 aliphatic heterocycles. The molecule has 0 fully saturated rings. The molecule has 0 unspecified atom stereocenters. The third-order valence-electron chi connectivity index (χ3n) is 4.38. The first-order chi connectivity index (χ1) is 14.1. The molecule has 2 aromatic carbocycles. The summed E-state index contributed by atoms with van der Waals surface area (Å²) in [6.45, 7) is 2.47. The number of amides is 1. The van der Waals surface area contributed by atoms with Gasteiger partial charge >= 0.3 is 0 Å². The predicted molar refractivity (Wildman–Crippen MR) is 104 cm³/mol. The van der Waals surface area contributed by atoms with Crippen molar-refractivity contribution in [2.45, 2.75) is 20.0 Å². The van der Waals surface area contributed by atoms with Crippen LogP contribution in [0.3, 0.4) is 0 Å². The maximum Gasteiger partial charge on any atom is 0.270 e. The molecule has 2 heterocycles. The van der Waals surface area contributed by atoms with Crippen molar-refractivity contribution < 1.29 is 18.7 Å². The zero-order valence-corrected chi connectivity index (χ0v) is 15.7. The minimum atomic E-state index is -0.331. The van der Waals surface area contributed by atoms with E-state index in [2.05, 4.69) is 20.6 Å². The van der Waals surface area contributed by atoms with Gasteiger partial charge in [-0.15, -0.1) is 0 Å². The summed E-state index contributed by atoms with van der Waals surface area (Å²) in [6.07, 6.45) is 0. The second-order valence-corrected chi connectivity index (χ2v) is 6.50. The quantitative estimate of drug-likeness (QED) is 0.668. The fraction of sp³-hybridized carbons (Fsp3) is 0.190. The molecular weight excluding hydrogens is 375 g/mol. The second-order valence-electron chi connectivity index (χ2n) is 6.50. The number of fused-ring (bicyclic) bond motifs is 1. The fourth-order valence-corrected chi connectivity index (χ4v) is 2.93. The van der Waals surface area contributed by atoms with Crippen LogP contribution in [0.25, 0.3) is 0 Å². The molecule has 1 amide bonds. The van der Waals surface area contributed by atoms with E-state index in [4.69, 9.17) is 9.47 Å². The lowest BCUT2D eigenvalue weighted by molar-refractivity contribution is 0.0945. The molecule has 0 bridgehead atoms. The number of anilines is 1. The zero-order valence-electron chi connectivity index (χ0n) is 15.7. The van der Waals surface area contributed by atoms with E-state index >= 15 is 0 Å². The van der Waals surface area contributed by atoms with Crippen LogP contribution in [0.5, 0.6) is 11.5 Å². The third-order valence-corrected chi connectivity index (χ3v) is 4.38. The molecule has 0 radical (unpaired) electrons. The van der Waals surface area contributed by atoms with Crippen LogP contribution in [0.1, 0.15) is 27.4 Å². The molecular formula is C21H19FN4O3. The van der Waals surface area contributed by atoms with E-state index in [1.54, 1.807) is 31.2 Å². The van der Waals surface area contributed by atoms with Gasteiger partial charge in [-0.05, 0) is 30.7 Å². The Hall–Kier alpha value is -3.68. The van der Waals surface area contributed by atoms with E-state index in [0.717, 1.165) is 5.56 Å². The summed E-state index contributed by atoms with van der Waals surface area (Å²) < 4.78 is 24.4. The van der Waals surface area contributed by atoms with Gasteiger partial charge in [0.1, 0.15) is 23.2 Å². The maximum atomic E-state index is 13.8. The highest BCUT2D eigenvalue weighted by atomic mass is 19.1. The molecule has 1 aliphatic rings. The lowest BCUT2D eigenvalue weighted by atomic mass is 10.2. The summed E-state index contributed by atoms with van der Waals surface area (Å²) >= 11 is 0. The Bertz CT molecular complexity index is 1060. The Labute approximate surface area is 166 Å². The molecule has 1 aromatic heterocycles. The van der Waals surface area contributed by atoms with E-state index in [1.807, 2.05) is 18.2 Å². The number of halogens is 1. The molecule has 3 aromatic rings. The molecule has 8 heteroatoms. The maximum absolute atomic E-state index is 13.8. The molecule has 0 atom stereocenters. The van der Waals surface area contributed by atoms with Gasteiger partial charge in [-0.3, -0.25) is 4.79 Å². The molecule has 148 valence electrons. The summed E-state index contributed by atoms with van der Waals surface area (Å²) in [7, 11) is 0. The highest BCUT2D eigenvalue weighted by Crippen LogP contribution is 2.32. The van der Waals surface area contributed by atoms with Crippen molar-refractivity contribution in [3.8, 4) is 11.5 Å². The monoisotopic (exact) mass is 394 g/mol. The number of hydrogen-bond acceptors (Lipinski definition) is 6. The standard InChI is InChI=1S/C21H19FN4O3/c1-13-25-17(9-20(26-13)23-11-15-4-2-3-5-16(15)22)21(27)24-10-14-6-7-18-19(8-14)29-12-28-18/h2-9H,10-12H2,1H3,(H,24,27)(H,23,25,26). The molecule has 4 rings (SSSR count). The van der Waals surface area contributed by atoms with Crippen LogP contribution in [-0.2, 0) is 13.1 Å². The van der Waals surface area contributed by atoms with Gasteiger partial charge in [0.05, 0.1) is 0 Å². The fourth-order valence-electron chi connectivity index (χ4n) is 2.93. The number of carbonyl (C=O) groups is 1. The van der Waals surface area contributed by atoms with Gasteiger partial charge in [0, 0.05) is 24.7 Å². The zero-order chi connectivity index (χ0) is 20.2. The largest absolute Gasteiger partial charge is 0.454 e. The van der Waals surface area contributed by atoms with Crippen LogP contribution in [0.15, 0.2) is 48.5 Å². The normalized spacial score (nSPS) is 11.9. The molecule has 0 saturated carbocycles. The Morgan fingerprint density at radius 2 is 1.90 bits per heavy atom. The van der Waals surface area contributed by atoms with Crippen LogP contribution in [-0.4, -0.2) is 22.7 Å². The SMILES string of the molecule is Cc1nc(NCc2ccccc2F)cc(C(=O)NCc2ccc3c(c2)OCO3)n1. The summed E-state index contributed by atoms with van der Waals surface area (Å²) in [5, 5.41) is 5.87. The minimum absolute atomic E-state index is 0.202. The number of ether oxygens (including phenoxy) is 2. The van der Waals surface area contributed by atoms with Crippen molar-refractivity contribution in [2.24, 2.45) is 0 Å². The topological polar surface area (TPSA) is 85.4 Å². The lowest BCUT2D eigenvalue weighted by Gasteiger charge is -2.10. The highest BCUT2D eigenvalue weighted by molar-refractivity contribution is 5.92. The van der Waals surface area contributed by atoms with Gasteiger partial charge in [0.15, 0.2) is 11.5 Å². The van der Waals surface area contributed by atoms with E-state index in [0.29, 0.717) is 35.2 Å². The molecule has 0 saturated heterocycles. The van der Waals surface area contributed by atoms with Crippen molar-refractivity contribution in [2.75, 3.05) is 12.1 Å². The Morgan fingerprint density at radius 3 is 2.76 bits per heavy atom. The predicted octanol–water partition coefficient (Wildman–Crippen LogP) is 3.19.